The van der Waals surface area contributed by atoms with Crippen LogP contribution in [0.4, 0.5) is 0 Å². The van der Waals surface area contributed by atoms with Crippen LogP contribution >= 0.6 is 0 Å². The van der Waals surface area contributed by atoms with Gasteiger partial charge >= 0.3 is 0 Å². The van der Waals surface area contributed by atoms with E-state index in [9.17, 15) is 0 Å². The van der Waals surface area contributed by atoms with Crippen LogP contribution in [0.15, 0.2) is 36.4 Å². The molecule has 0 fully saturated rings. The average Bonchev–Trinajstić information content (AvgIpc) is 2.47. The molecule has 3 rings (SSSR count). The first kappa shape index (κ1) is 14.3. The third kappa shape index (κ3) is 3.18. The van der Waals surface area contributed by atoms with E-state index >= 15 is 0 Å². The van der Waals surface area contributed by atoms with Gasteiger partial charge in [0.05, 0.1) is 11.2 Å². The Kier molecular flexibility index (Phi) is 4.10. The molecule has 1 nitrogen and oxygen atoms in total. The molecule has 0 saturated heterocycles. The van der Waals surface area contributed by atoms with Gasteiger partial charge in [0, 0.05) is 5.39 Å². The predicted octanol–water partition coefficient (Wildman–Crippen LogP) is 5.64. The molecule has 21 heavy (non-hydrogen) atoms. The monoisotopic (exact) mass is 279 g/mol. The first-order valence-electron chi connectivity index (χ1n) is 8.23. The van der Waals surface area contributed by atoms with Crippen molar-refractivity contribution in [1.29, 1.82) is 0 Å². The van der Waals surface area contributed by atoms with Crippen molar-refractivity contribution in [1.82, 2.24) is 4.98 Å². The average molecular weight is 279 g/mol. The Bertz CT molecular complexity index is 667. The van der Waals surface area contributed by atoms with E-state index < -0.39 is 0 Å². The summed E-state index contributed by atoms with van der Waals surface area (Å²) in [6, 6.07) is 11.0. The third-order valence-corrected chi connectivity index (χ3v) is 4.35. The molecule has 0 saturated carbocycles. The van der Waals surface area contributed by atoms with Crippen LogP contribution in [0.25, 0.3) is 16.5 Å². The lowest BCUT2D eigenvalue weighted by molar-refractivity contribution is 0.592. The zero-order chi connectivity index (χ0) is 14.8. The highest BCUT2D eigenvalue weighted by Crippen LogP contribution is 2.30. The van der Waals surface area contributed by atoms with Crippen LogP contribution in [0.3, 0.4) is 0 Å². The first-order valence-corrected chi connectivity index (χ1v) is 8.23. The lowest BCUT2D eigenvalue weighted by Gasteiger charge is -2.18. The second-order valence-corrected chi connectivity index (χ2v) is 6.84. The van der Waals surface area contributed by atoms with Crippen molar-refractivity contribution in [3.05, 3.63) is 47.7 Å². The fraction of sp³-hybridized carbons (Fsp3) is 0.450. The van der Waals surface area contributed by atoms with E-state index in [2.05, 4.69) is 57.2 Å². The lowest BCUT2D eigenvalue weighted by Crippen LogP contribution is -2.02. The number of fused-ring (bicyclic) bond motifs is 1. The molecule has 1 aliphatic rings. The van der Waals surface area contributed by atoms with Gasteiger partial charge in [0.2, 0.25) is 0 Å². The van der Waals surface area contributed by atoms with Gasteiger partial charge in [-0.2, -0.15) is 0 Å². The molecule has 0 radical (unpaired) electrons. The highest BCUT2D eigenvalue weighted by molar-refractivity contribution is 5.84. The number of nitrogens with zero attached hydrogens (tertiary/aromatic N) is 1. The molecule has 0 spiro atoms. The van der Waals surface area contributed by atoms with Crippen LogP contribution in [-0.2, 0) is 6.42 Å². The van der Waals surface area contributed by atoms with Gasteiger partial charge in [-0.1, -0.05) is 51.1 Å². The van der Waals surface area contributed by atoms with Crippen LogP contribution in [-0.4, -0.2) is 4.98 Å². The minimum absolute atomic E-state index is 0.662. The Balaban J connectivity index is 2.06. The van der Waals surface area contributed by atoms with Crippen LogP contribution in [0, 0.1) is 11.8 Å². The van der Waals surface area contributed by atoms with E-state index in [1.807, 2.05) is 0 Å². The van der Waals surface area contributed by atoms with E-state index in [4.69, 9.17) is 4.98 Å². The number of hydrogen-bond acceptors (Lipinski definition) is 1. The SMILES string of the molecule is CC(C)Cc1cccc2ccc(C3=CC(C)CCC3)nc12. The molecule has 1 atom stereocenters. The first-order chi connectivity index (χ1) is 10.1. The fourth-order valence-electron chi connectivity index (χ4n) is 3.33. The standard InChI is InChI=1S/C20H25N/c1-14(2)12-18-9-5-7-16-10-11-19(21-20(16)18)17-8-4-6-15(3)13-17/h5,7,9-11,13-15H,4,6,8,12H2,1-3H3. The zero-order valence-corrected chi connectivity index (χ0v) is 13.4. The van der Waals surface area contributed by atoms with Crippen molar-refractivity contribution < 1.29 is 0 Å². The molecular formula is C20H25N. The number of para-hydroxylation sites is 1. The molecule has 1 aliphatic carbocycles. The molecule has 1 heteroatoms. The fourth-order valence-corrected chi connectivity index (χ4v) is 3.33. The van der Waals surface area contributed by atoms with Crippen molar-refractivity contribution in [3.63, 3.8) is 0 Å². The summed E-state index contributed by atoms with van der Waals surface area (Å²) in [5.41, 5.74) is 5.21. The smallest absolute Gasteiger partial charge is 0.0741 e. The van der Waals surface area contributed by atoms with Crippen LogP contribution in [0.5, 0.6) is 0 Å². The molecule has 1 aromatic carbocycles. The summed E-state index contributed by atoms with van der Waals surface area (Å²) in [6.45, 7) is 6.85. The molecule has 0 bridgehead atoms. The van der Waals surface area contributed by atoms with Crippen molar-refractivity contribution in [2.24, 2.45) is 11.8 Å². The molecule has 1 heterocycles. The Morgan fingerprint density at radius 1 is 1.19 bits per heavy atom. The molecule has 1 aromatic heterocycles. The molecule has 1 unspecified atom stereocenters. The normalized spacial score (nSPS) is 19.0. The molecule has 0 N–H and O–H groups in total. The van der Waals surface area contributed by atoms with Crippen LogP contribution in [0.1, 0.15) is 51.3 Å². The Labute approximate surface area is 128 Å². The van der Waals surface area contributed by atoms with Crippen LogP contribution < -0.4 is 0 Å². The van der Waals surface area contributed by atoms with E-state index in [-0.39, 0.29) is 0 Å². The van der Waals surface area contributed by atoms with Gasteiger partial charge in [-0.15, -0.1) is 0 Å². The summed E-state index contributed by atoms with van der Waals surface area (Å²) in [4.78, 5) is 5.02. The van der Waals surface area contributed by atoms with Gasteiger partial charge in [-0.25, -0.2) is 4.98 Å². The third-order valence-electron chi connectivity index (χ3n) is 4.35. The number of benzene rings is 1. The molecular weight excluding hydrogens is 254 g/mol. The van der Waals surface area contributed by atoms with E-state index in [0.29, 0.717) is 11.8 Å². The number of pyridine rings is 1. The minimum atomic E-state index is 0.662. The van der Waals surface area contributed by atoms with Gasteiger partial charge in [0.25, 0.3) is 0 Å². The second-order valence-electron chi connectivity index (χ2n) is 6.84. The van der Waals surface area contributed by atoms with Gasteiger partial charge in [0.1, 0.15) is 0 Å². The van der Waals surface area contributed by atoms with E-state index in [1.165, 1.54) is 47.0 Å². The highest BCUT2D eigenvalue weighted by Gasteiger charge is 2.13. The maximum Gasteiger partial charge on any atom is 0.0741 e. The number of aromatic nitrogens is 1. The van der Waals surface area contributed by atoms with E-state index in [0.717, 1.165) is 6.42 Å². The summed E-state index contributed by atoms with van der Waals surface area (Å²) in [5.74, 6) is 1.35. The minimum Gasteiger partial charge on any atom is -0.248 e. The van der Waals surface area contributed by atoms with Gasteiger partial charge in [-0.05, 0) is 54.7 Å². The second kappa shape index (κ2) is 6.01. The van der Waals surface area contributed by atoms with Gasteiger partial charge in [-0.3, -0.25) is 0 Å². The van der Waals surface area contributed by atoms with Crippen LogP contribution in [0.2, 0.25) is 0 Å². The van der Waals surface area contributed by atoms with Crippen molar-refractivity contribution in [2.45, 2.75) is 46.5 Å². The van der Waals surface area contributed by atoms with Crippen molar-refractivity contribution >= 4 is 16.5 Å². The highest BCUT2D eigenvalue weighted by atomic mass is 14.7. The number of allylic oxidation sites excluding steroid dienone is 2. The summed E-state index contributed by atoms with van der Waals surface area (Å²) in [5, 5.41) is 1.27. The lowest BCUT2D eigenvalue weighted by atomic mass is 9.90. The number of hydrogen-bond donors (Lipinski definition) is 0. The zero-order valence-electron chi connectivity index (χ0n) is 13.4. The molecule has 0 amide bonds. The molecule has 2 aromatic rings. The topological polar surface area (TPSA) is 12.9 Å². The number of rotatable bonds is 3. The maximum absolute atomic E-state index is 5.02. The largest absolute Gasteiger partial charge is 0.248 e. The Morgan fingerprint density at radius 3 is 2.81 bits per heavy atom. The summed E-state index contributed by atoms with van der Waals surface area (Å²) >= 11 is 0. The summed E-state index contributed by atoms with van der Waals surface area (Å²) < 4.78 is 0. The van der Waals surface area contributed by atoms with Gasteiger partial charge < -0.3 is 0 Å². The quantitative estimate of drug-likeness (QED) is 0.709. The van der Waals surface area contributed by atoms with Gasteiger partial charge in [0.15, 0.2) is 0 Å². The maximum atomic E-state index is 5.02. The van der Waals surface area contributed by atoms with Crippen molar-refractivity contribution in [2.75, 3.05) is 0 Å². The predicted molar refractivity (Wildman–Crippen MR) is 91.3 cm³/mol. The molecule has 110 valence electrons. The van der Waals surface area contributed by atoms with E-state index in [1.54, 1.807) is 0 Å². The Morgan fingerprint density at radius 2 is 2.05 bits per heavy atom. The molecule has 0 aliphatic heterocycles. The Hall–Kier alpha value is -1.63. The summed E-state index contributed by atoms with van der Waals surface area (Å²) in [6.07, 6.45) is 7.30. The van der Waals surface area contributed by atoms with Crippen molar-refractivity contribution in [3.8, 4) is 0 Å². The summed E-state index contributed by atoms with van der Waals surface area (Å²) in [7, 11) is 0.